The van der Waals surface area contributed by atoms with Gasteiger partial charge in [0.15, 0.2) is 5.54 Å². The van der Waals surface area contributed by atoms with E-state index in [4.69, 9.17) is 26.3 Å². The summed E-state index contributed by atoms with van der Waals surface area (Å²) in [5, 5.41) is 9.64. The highest BCUT2D eigenvalue weighted by atomic mass is 35.5. The van der Waals surface area contributed by atoms with E-state index in [-0.39, 0.29) is 17.9 Å². The second kappa shape index (κ2) is 8.42. The van der Waals surface area contributed by atoms with Gasteiger partial charge >= 0.3 is 0 Å². The number of carbonyl (C=O) groups excluding carboxylic acids is 1. The van der Waals surface area contributed by atoms with E-state index in [1.807, 2.05) is 0 Å². The van der Waals surface area contributed by atoms with Gasteiger partial charge in [0.1, 0.15) is 18.1 Å². The predicted molar refractivity (Wildman–Crippen MR) is 105 cm³/mol. The minimum atomic E-state index is -4.09. The molecule has 0 saturated carbocycles. The summed E-state index contributed by atoms with van der Waals surface area (Å²) in [4.78, 5) is 12.1. The number of hydroxylamine groups is 1. The van der Waals surface area contributed by atoms with E-state index in [2.05, 4.69) is 4.72 Å². The average Bonchev–Trinajstić information content (AvgIpc) is 2.69. The second-order valence-corrected chi connectivity index (χ2v) is 8.73. The van der Waals surface area contributed by atoms with E-state index in [1.54, 1.807) is 31.2 Å². The molecule has 3 rings (SSSR count). The van der Waals surface area contributed by atoms with Gasteiger partial charge in [-0.1, -0.05) is 11.6 Å². The van der Waals surface area contributed by atoms with Crippen molar-refractivity contribution in [3.63, 3.8) is 0 Å². The lowest BCUT2D eigenvalue weighted by Crippen LogP contribution is -2.61. The Hall–Kier alpha value is -2.59. The topological polar surface area (TPSA) is 114 Å². The highest BCUT2D eigenvalue weighted by Crippen LogP contribution is 2.27. The minimum Gasteiger partial charge on any atom is -0.499 e. The summed E-state index contributed by atoms with van der Waals surface area (Å²) in [6.45, 7) is 1.43. The van der Waals surface area contributed by atoms with Crippen LogP contribution in [0, 0.1) is 0 Å². The number of hydrogen-bond acceptors (Lipinski definition) is 6. The quantitative estimate of drug-likeness (QED) is 0.472. The van der Waals surface area contributed by atoms with Crippen LogP contribution in [0.1, 0.15) is 13.3 Å². The predicted octanol–water partition coefficient (Wildman–Crippen LogP) is 2.98. The van der Waals surface area contributed by atoms with Crippen molar-refractivity contribution in [2.24, 2.45) is 0 Å². The van der Waals surface area contributed by atoms with Crippen LogP contribution in [-0.4, -0.2) is 31.7 Å². The molecule has 1 heterocycles. The van der Waals surface area contributed by atoms with Gasteiger partial charge in [0.2, 0.25) is 10.0 Å². The Morgan fingerprint density at radius 1 is 1.14 bits per heavy atom. The standard InChI is InChI=1S/C19H19ClN2O6S/c1-13-10-19(12-27-11-13,18(23)21-24)22-29(25,26)17-8-6-16(7-9-17)28-15-4-2-14(20)3-5-15/h2-9,11,22,24H,10,12H2,1H3,(H,21,23). The number of hydrogen-bond donors (Lipinski definition) is 3. The lowest BCUT2D eigenvalue weighted by Gasteiger charge is -2.34. The van der Waals surface area contributed by atoms with Crippen LogP contribution in [0.5, 0.6) is 11.5 Å². The van der Waals surface area contributed by atoms with E-state index in [9.17, 15) is 13.2 Å². The molecule has 0 bridgehead atoms. The second-order valence-electron chi connectivity index (χ2n) is 6.61. The highest BCUT2D eigenvalue weighted by Gasteiger charge is 2.45. The van der Waals surface area contributed by atoms with Gasteiger partial charge in [-0.05, 0) is 61.0 Å². The molecular weight excluding hydrogens is 420 g/mol. The van der Waals surface area contributed by atoms with Crippen LogP contribution < -0.4 is 14.9 Å². The van der Waals surface area contributed by atoms with Gasteiger partial charge in [-0.15, -0.1) is 0 Å². The molecule has 10 heteroatoms. The van der Waals surface area contributed by atoms with Gasteiger partial charge in [0, 0.05) is 11.4 Å². The first-order valence-electron chi connectivity index (χ1n) is 8.53. The molecule has 0 radical (unpaired) electrons. The molecule has 0 aliphatic carbocycles. The lowest BCUT2D eigenvalue weighted by molar-refractivity contribution is -0.137. The molecule has 1 unspecified atom stereocenters. The van der Waals surface area contributed by atoms with Crippen molar-refractivity contribution < 1.29 is 27.9 Å². The lowest BCUT2D eigenvalue weighted by atomic mass is 9.91. The maximum absolute atomic E-state index is 12.8. The summed E-state index contributed by atoms with van der Waals surface area (Å²) in [6, 6.07) is 12.4. The molecule has 2 aromatic carbocycles. The van der Waals surface area contributed by atoms with E-state index in [0.717, 1.165) is 0 Å². The van der Waals surface area contributed by atoms with Crippen molar-refractivity contribution in [3.05, 3.63) is 65.4 Å². The molecule has 154 valence electrons. The molecule has 0 saturated heterocycles. The van der Waals surface area contributed by atoms with Crippen molar-refractivity contribution in [3.8, 4) is 11.5 Å². The third kappa shape index (κ3) is 4.88. The van der Waals surface area contributed by atoms with Crippen LogP contribution >= 0.6 is 11.6 Å². The number of ether oxygens (including phenoxy) is 2. The van der Waals surface area contributed by atoms with E-state index < -0.39 is 21.5 Å². The number of amides is 1. The minimum absolute atomic E-state index is 0.0520. The van der Waals surface area contributed by atoms with Gasteiger partial charge in [-0.25, -0.2) is 13.9 Å². The normalized spacial score (nSPS) is 19.1. The molecule has 1 amide bonds. The van der Waals surface area contributed by atoms with Gasteiger partial charge in [-0.3, -0.25) is 10.0 Å². The fourth-order valence-electron chi connectivity index (χ4n) is 2.90. The molecule has 0 fully saturated rings. The summed E-state index contributed by atoms with van der Waals surface area (Å²) < 4.78 is 38.9. The molecule has 29 heavy (non-hydrogen) atoms. The van der Waals surface area contributed by atoms with Crippen molar-refractivity contribution in [2.45, 2.75) is 23.8 Å². The monoisotopic (exact) mass is 438 g/mol. The molecule has 0 spiro atoms. The fraction of sp³-hybridized carbons (Fsp3) is 0.211. The zero-order chi connectivity index (χ0) is 21.1. The number of nitrogens with one attached hydrogen (secondary N) is 2. The first kappa shape index (κ1) is 21.1. The van der Waals surface area contributed by atoms with Gasteiger partial charge in [0.05, 0.1) is 11.2 Å². The Balaban J connectivity index is 1.80. The van der Waals surface area contributed by atoms with Crippen LogP contribution in [0.25, 0.3) is 0 Å². The first-order chi connectivity index (χ1) is 13.7. The highest BCUT2D eigenvalue weighted by molar-refractivity contribution is 7.89. The maximum atomic E-state index is 12.8. The van der Waals surface area contributed by atoms with Crippen LogP contribution in [0.4, 0.5) is 0 Å². The van der Waals surface area contributed by atoms with E-state index >= 15 is 0 Å². The molecule has 2 aromatic rings. The number of benzene rings is 2. The molecule has 3 N–H and O–H groups in total. The first-order valence-corrected chi connectivity index (χ1v) is 10.4. The van der Waals surface area contributed by atoms with Crippen molar-refractivity contribution in [1.29, 1.82) is 0 Å². The Morgan fingerprint density at radius 3 is 2.28 bits per heavy atom. The van der Waals surface area contributed by atoms with Crippen LogP contribution in [0.15, 0.2) is 65.3 Å². The molecule has 8 nitrogen and oxygen atoms in total. The Morgan fingerprint density at radius 2 is 1.72 bits per heavy atom. The van der Waals surface area contributed by atoms with Crippen molar-refractivity contribution in [2.75, 3.05) is 6.61 Å². The Kier molecular flexibility index (Phi) is 6.13. The summed E-state index contributed by atoms with van der Waals surface area (Å²) in [5.74, 6) is 0.0633. The van der Waals surface area contributed by atoms with Crippen LogP contribution in [0.2, 0.25) is 5.02 Å². The SMILES string of the molecule is CC1=COCC(NS(=O)(=O)c2ccc(Oc3ccc(Cl)cc3)cc2)(C(=O)NO)C1. The Labute approximate surface area is 173 Å². The molecule has 1 aliphatic heterocycles. The smallest absolute Gasteiger partial charge is 0.268 e. The Bertz CT molecular complexity index is 1020. The van der Waals surface area contributed by atoms with Gasteiger partial charge in [0.25, 0.3) is 5.91 Å². The van der Waals surface area contributed by atoms with E-state index in [1.165, 1.54) is 36.0 Å². The third-order valence-corrected chi connectivity index (χ3v) is 6.05. The summed E-state index contributed by atoms with van der Waals surface area (Å²) >= 11 is 5.83. The van der Waals surface area contributed by atoms with Crippen molar-refractivity contribution >= 4 is 27.5 Å². The van der Waals surface area contributed by atoms with Crippen molar-refractivity contribution in [1.82, 2.24) is 10.2 Å². The number of halogens is 1. The van der Waals surface area contributed by atoms with Crippen LogP contribution in [0.3, 0.4) is 0 Å². The van der Waals surface area contributed by atoms with Gasteiger partial charge in [-0.2, -0.15) is 4.72 Å². The summed E-state index contributed by atoms with van der Waals surface area (Å²) in [5.41, 5.74) is 0.494. The third-order valence-electron chi connectivity index (χ3n) is 4.24. The molecular formula is C19H19ClN2O6S. The summed E-state index contributed by atoms with van der Waals surface area (Å²) in [6.07, 6.45) is 1.50. The molecule has 1 atom stereocenters. The summed E-state index contributed by atoms with van der Waals surface area (Å²) in [7, 11) is -4.09. The maximum Gasteiger partial charge on any atom is 0.268 e. The number of rotatable bonds is 6. The van der Waals surface area contributed by atoms with Gasteiger partial charge < -0.3 is 9.47 Å². The van der Waals surface area contributed by atoms with E-state index in [0.29, 0.717) is 22.1 Å². The number of sulfonamides is 1. The fourth-order valence-corrected chi connectivity index (χ4v) is 4.38. The molecule has 1 aliphatic rings. The van der Waals surface area contributed by atoms with Crippen LogP contribution in [-0.2, 0) is 19.6 Å². The average molecular weight is 439 g/mol. The zero-order valence-electron chi connectivity index (χ0n) is 15.4. The molecule has 0 aromatic heterocycles. The zero-order valence-corrected chi connectivity index (χ0v) is 17.0. The number of carbonyl (C=O) groups is 1. The largest absolute Gasteiger partial charge is 0.499 e.